The van der Waals surface area contributed by atoms with Gasteiger partial charge in [0.25, 0.3) is 0 Å². The second-order valence-corrected chi connectivity index (χ2v) is 6.54. The highest BCUT2D eigenvalue weighted by molar-refractivity contribution is 7.89. The van der Waals surface area contributed by atoms with Gasteiger partial charge in [-0.3, -0.25) is 4.68 Å². The van der Waals surface area contributed by atoms with Crippen molar-refractivity contribution in [1.29, 1.82) is 0 Å². The third kappa shape index (κ3) is 3.07. The molecule has 0 aliphatic carbocycles. The van der Waals surface area contributed by atoms with Gasteiger partial charge in [-0.15, -0.1) is 0 Å². The summed E-state index contributed by atoms with van der Waals surface area (Å²) in [5.41, 5.74) is 6.19. The second kappa shape index (κ2) is 5.48. The van der Waals surface area contributed by atoms with E-state index in [1.165, 1.54) is 4.68 Å². The molecule has 7 nitrogen and oxygen atoms in total. The van der Waals surface area contributed by atoms with Crippen LogP contribution in [0.1, 0.15) is 18.5 Å². The molecule has 1 unspecified atom stereocenters. The minimum atomic E-state index is -3.59. The molecule has 1 aliphatic heterocycles. The summed E-state index contributed by atoms with van der Waals surface area (Å²) in [4.78, 5) is 0.0812. The Morgan fingerprint density at radius 1 is 1.58 bits per heavy atom. The van der Waals surface area contributed by atoms with Gasteiger partial charge in [0.2, 0.25) is 10.0 Å². The van der Waals surface area contributed by atoms with Crippen LogP contribution in [0.25, 0.3) is 0 Å². The molecule has 1 aliphatic rings. The number of nitrogens with two attached hydrogens (primary N) is 1. The Morgan fingerprint density at radius 3 is 2.84 bits per heavy atom. The Labute approximate surface area is 113 Å². The zero-order valence-electron chi connectivity index (χ0n) is 11.2. The van der Waals surface area contributed by atoms with Crippen LogP contribution < -0.4 is 10.5 Å². The van der Waals surface area contributed by atoms with E-state index in [0.29, 0.717) is 18.2 Å². The maximum absolute atomic E-state index is 12.2. The first-order valence-electron chi connectivity index (χ1n) is 6.28. The largest absolute Gasteiger partial charge is 0.381 e. The number of aryl methyl sites for hydroxylation is 1. The molecule has 0 saturated carbocycles. The highest BCUT2D eigenvalue weighted by atomic mass is 32.2. The van der Waals surface area contributed by atoms with Crippen molar-refractivity contribution in [2.45, 2.75) is 24.7 Å². The van der Waals surface area contributed by atoms with E-state index < -0.39 is 10.0 Å². The summed E-state index contributed by atoms with van der Waals surface area (Å²) in [5, 5.41) is 3.92. The van der Waals surface area contributed by atoms with Crippen LogP contribution in [0.15, 0.2) is 4.90 Å². The molecule has 0 bridgehead atoms. The van der Waals surface area contributed by atoms with Gasteiger partial charge in [0, 0.05) is 26.8 Å². The van der Waals surface area contributed by atoms with Crippen LogP contribution >= 0.6 is 0 Å². The third-order valence-corrected chi connectivity index (χ3v) is 5.07. The van der Waals surface area contributed by atoms with E-state index in [-0.39, 0.29) is 10.7 Å². The standard InChI is InChI=1S/C11H20N4O3S/c1-8-10(11(12)14-15(8)2)19(16,17)13-5-3-9-4-6-18-7-9/h9,13H,3-7H2,1-2H3,(H2,12,14). The number of rotatable bonds is 5. The molecule has 0 radical (unpaired) electrons. The van der Waals surface area contributed by atoms with Crippen molar-refractivity contribution < 1.29 is 13.2 Å². The van der Waals surface area contributed by atoms with Crippen molar-refractivity contribution >= 4 is 15.8 Å². The predicted molar refractivity (Wildman–Crippen MR) is 71.1 cm³/mol. The summed E-state index contributed by atoms with van der Waals surface area (Å²) in [6.45, 7) is 3.56. The number of hydrogen-bond acceptors (Lipinski definition) is 5. The van der Waals surface area contributed by atoms with Gasteiger partial charge in [-0.2, -0.15) is 5.10 Å². The van der Waals surface area contributed by atoms with Gasteiger partial charge in [-0.25, -0.2) is 13.1 Å². The maximum atomic E-state index is 12.2. The first-order chi connectivity index (χ1) is 8.92. The minimum absolute atomic E-state index is 0.0386. The van der Waals surface area contributed by atoms with Crippen molar-refractivity contribution in [2.75, 3.05) is 25.5 Å². The van der Waals surface area contributed by atoms with E-state index in [4.69, 9.17) is 10.5 Å². The number of nitrogens with zero attached hydrogens (tertiary/aromatic N) is 2. The second-order valence-electron chi connectivity index (χ2n) is 4.84. The Kier molecular flexibility index (Phi) is 4.12. The smallest absolute Gasteiger partial charge is 0.246 e. The maximum Gasteiger partial charge on any atom is 0.246 e. The quantitative estimate of drug-likeness (QED) is 0.795. The summed E-state index contributed by atoms with van der Waals surface area (Å²) in [5.74, 6) is 0.478. The molecular weight excluding hydrogens is 268 g/mol. The molecule has 108 valence electrons. The first kappa shape index (κ1) is 14.3. The molecule has 1 atom stereocenters. The SMILES string of the molecule is Cc1c(S(=O)(=O)NCCC2CCOC2)c(N)nn1C. The molecule has 0 amide bonds. The summed E-state index contributed by atoms with van der Waals surface area (Å²) >= 11 is 0. The summed E-state index contributed by atoms with van der Waals surface area (Å²) in [6.07, 6.45) is 1.77. The van der Waals surface area contributed by atoms with Crippen LogP contribution in [0, 0.1) is 12.8 Å². The number of sulfonamides is 1. The summed E-state index contributed by atoms with van der Waals surface area (Å²) in [7, 11) is -1.92. The molecule has 2 rings (SSSR count). The molecule has 2 heterocycles. The lowest BCUT2D eigenvalue weighted by Crippen LogP contribution is -2.27. The van der Waals surface area contributed by atoms with Crippen LogP contribution in [0.3, 0.4) is 0 Å². The summed E-state index contributed by atoms with van der Waals surface area (Å²) in [6, 6.07) is 0. The molecule has 19 heavy (non-hydrogen) atoms. The van der Waals surface area contributed by atoms with Crippen LogP contribution in [-0.2, 0) is 21.8 Å². The summed E-state index contributed by atoms with van der Waals surface area (Å²) < 4.78 is 33.7. The number of aromatic nitrogens is 2. The lowest BCUT2D eigenvalue weighted by atomic mass is 10.1. The van der Waals surface area contributed by atoms with E-state index in [1.807, 2.05) is 0 Å². The average Bonchev–Trinajstić information content (AvgIpc) is 2.88. The Hall–Kier alpha value is -1.12. The van der Waals surface area contributed by atoms with Gasteiger partial charge in [0.15, 0.2) is 5.82 Å². The Balaban J connectivity index is 2.01. The number of nitrogen functional groups attached to an aromatic ring is 1. The monoisotopic (exact) mass is 288 g/mol. The highest BCUT2D eigenvalue weighted by Crippen LogP contribution is 2.21. The topological polar surface area (TPSA) is 99.2 Å². The number of hydrogen-bond donors (Lipinski definition) is 2. The molecule has 3 N–H and O–H groups in total. The van der Waals surface area contributed by atoms with E-state index in [9.17, 15) is 8.42 Å². The highest BCUT2D eigenvalue weighted by Gasteiger charge is 2.25. The van der Waals surface area contributed by atoms with Crippen molar-refractivity contribution in [3.8, 4) is 0 Å². The molecule has 0 aromatic carbocycles. The zero-order chi connectivity index (χ0) is 14.0. The average molecular weight is 288 g/mol. The number of anilines is 1. The van der Waals surface area contributed by atoms with Gasteiger partial charge in [0.1, 0.15) is 4.90 Å². The van der Waals surface area contributed by atoms with Crippen LogP contribution in [-0.4, -0.2) is 38.0 Å². The van der Waals surface area contributed by atoms with E-state index >= 15 is 0 Å². The Morgan fingerprint density at radius 2 is 2.32 bits per heavy atom. The third-order valence-electron chi connectivity index (χ3n) is 3.44. The van der Waals surface area contributed by atoms with Crippen LogP contribution in [0.4, 0.5) is 5.82 Å². The lowest BCUT2D eigenvalue weighted by molar-refractivity contribution is 0.184. The van der Waals surface area contributed by atoms with Crippen LogP contribution in [0.5, 0.6) is 0 Å². The van der Waals surface area contributed by atoms with Gasteiger partial charge in [0.05, 0.1) is 5.69 Å². The Bertz CT molecular complexity index is 547. The molecule has 0 spiro atoms. The van der Waals surface area contributed by atoms with Gasteiger partial charge >= 0.3 is 0 Å². The first-order valence-corrected chi connectivity index (χ1v) is 7.76. The molecule has 8 heteroatoms. The lowest BCUT2D eigenvalue weighted by Gasteiger charge is -2.09. The number of nitrogens with one attached hydrogen (secondary N) is 1. The number of ether oxygens (including phenoxy) is 1. The minimum Gasteiger partial charge on any atom is -0.381 e. The fourth-order valence-corrected chi connectivity index (χ4v) is 3.60. The predicted octanol–water partition coefficient (Wildman–Crippen LogP) is 0.0156. The molecule has 1 fully saturated rings. The van der Waals surface area contributed by atoms with Gasteiger partial charge in [-0.05, 0) is 25.7 Å². The van der Waals surface area contributed by atoms with Gasteiger partial charge < -0.3 is 10.5 Å². The molecule has 1 aromatic rings. The molecular formula is C11H20N4O3S. The molecule has 1 saturated heterocycles. The van der Waals surface area contributed by atoms with E-state index in [2.05, 4.69) is 9.82 Å². The van der Waals surface area contributed by atoms with Gasteiger partial charge in [-0.1, -0.05) is 0 Å². The molecule has 1 aromatic heterocycles. The normalized spacial score (nSPS) is 20.0. The van der Waals surface area contributed by atoms with Crippen molar-refractivity contribution in [3.05, 3.63) is 5.69 Å². The zero-order valence-corrected chi connectivity index (χ0v) is 12.0. The fourth-order valence-electron chi connectivity index (χ4n) is 2.23. The van der Waals surface area contributed by atoms with E-state index in [0.717, 1.165) is 26.1 Å². The van der Waals surface area contributed by atoms with E-state index in [1.54, 1.807) is 14.0 Å². The fraction of sp³-hybridized carbons (Fsp3) is 0.727. The van der Waals surface area contributed by atoms with Crippen LogP contribution in [0.2, 0.25) is 0 Å². The van der Waals surface area contributed by atoms with Crippen molar-refractivity contribution in [2.24, 2.45) is 13.0 Å². The van der Waals surface area contributed by atoms with Crippen molar-refractivity contribution in [1.82, 2.24) is 14.5 Å². The van der Waals surface area contributed by atoms with Crippen molar-refractivity contribution in [3.63, 3.8) is 0 Å².